The molecule has 0 aliphatic heterocycles. The normalized spacial score (nSPS) is 10.5. The summed E-state index contributed by atoms with van der Waals surface area (Å²) in [6, 6.07) is 12.6. The van der Waals surface area contributed by atoms with Gasteiger partial charge in [-0.1, -0.05) is 47.0 Å². The number of nitrogens with one attached hydrogen (secondary N) is 1. The van der Waals surface area contributed by atoms with Crippen LogP contribution in [0.1, 0.15) is 16.1 Å². The Morgan fingerprint density at radius 1 is 1.22 bits per heavy atom. The van der Waals surface area contributed by atoms with Crippen LogP contribution < -0.4 is 5.43 Å². The van der Waals surface area contributed by atoms with Crippen molar-refractivity contribution in [2.45, 2.75) is 6.54 Å². The Bertz CT molecular complexity index is 1130. The highest BCUT2D eigenvalue weighted by molar-refractivity contribution is 6.35. The molecule has 0 radical (unpaired) electrons. The van der Waals surface area contributed by atoms with Crippen molar-refractivity contribution < 1.29 is 4.79 Å². The Hall–Kier alpha value is -3.28. The van der Waals surface area contributed by atoms with E-state index in [1.165, 1.54) is 4.90 Å². The van der Waals surface area contributed by atoms with E-state index in [1.54, 1.807) is 26.2 Å². The summed E-state index contributed by atoms with van der Waals surface area (Å²) in [5, 5.41) is 4.30. The fourth-order valence-electron chi connectivity index (χ4n) is 2.92. The second kappa shape index (κ2) is 7.53. The summed E-state index contributed by atoms with van der Waals surface area (Å²) in [6.07, 6.45) is 0. The molecule has 0 saturated carbocycles. The lowest BCUT2D eigenvalue weighted by Crippen LogP contribution is -2.27. The van der Waals surface area contributed by atoms with Crippen LogP contribution in [-0.2, 0) is 6.54 Å². The van der Waals surface area contributed by atoms with Crippen LogP contribution >= 0.6 is 11.6 Å². The van der Waals surface area contributed by atoms with Gasteiger partial charge in [0.15, 0.2) is 5.43 Å². The van der Waals surface area contributed by atoms with Gasteiger partial charge in [0.25, 0.3) is 5.91 Å². The van der Waals surface area contributed by atoms with Crippen molar-refractivity contribution in [3.05, 3.63) is 79.4 Å². The molecule has 3 rings (SSSR count). The lowest BCUT2D eigenvalue weighted by molar-refractivity contribution is 0.0821. The molecule has 7 nitrogen and oxygen atoms in total. The number of carbonyl (C=O) groups excluding carboxylic acids is 1. The average Bonchev–Trinajstić information content (AvgIpc) is 2.67. The highest BCUT2D eigenvalue weighted by Crippen LogP contribution is 2.33. The number of pyridine rings is 1. The Labute approximate surface area is 159 Å². The van der Waals surface area contributed by atoms with Crippen molar-refractivity contribution >= 4 is 28.4 Å². The van der Waals surface area contributed by atoms with Crippen LogP contribution in [-0.4, -0.2) is 29.9 Å². The van der Waals surface area contributed by atoms with E-state index >= 15 is 0 Å². The minimum absolute atomic E-state index is 0.0874. The summed E-state index contributed by atoms with van der Waals surface area (Å²) in [5.74, 6) is -0.392. The van der Waals surface area contributed by atoms with Gasteiger partial charge in [-0.05, 0) is 23.2 Å². The molecule has 3 aromatic rings. The molecule has 0 atom stereocenters. The maximum Gasteiger partial charge on any atom is 0.270 e. The molecule has 0 aliphatic carbocycles. The van der Waals surface area contributed by atoms with Crippen LogP contribution in [0.15, 0.2) is 52.4 Å². The van der Waals surface area contributed by atoms with Crippen LogP contribution in [0.5, 0.6) is 0 Å². The van der Waals surface area contributed by atoms with Crippen molar-refractivity contribution in [1.29, 1.82) is 0 Å². The molecule has 8 heteroatoms. The van der Waals surface area contributed by atoms with Crippen LogP contribution in [0, 0.1) is 0 Å². The number of azide groups is 1. The van der Waals surface area contributed by atoms with Gasteiger partial charge in [-0.2, -0.15) is 0 Å². The van der Waals surface area contributed by atoms with Gasteiger partial charge in [0.2, 0.25) is 0 Å². The maximum atomic E-state index is 13.1. The number of aromatic amines is 1. The predicted molar refractivity (Wildman–Crippen MR) is 106 cm³/mol. The first-order chi connectivity index (χ1) is 13.0. The molecule has 0 unspecified atom stereocenters. The summed E-state index contributed by atoms with van der Waals surface area (Å²) in [6.45, 7) is -0.222. The largest absolute Gasteiger partial charge is 0.350 e. The molecule has 2 aromatic carbocycles. The van der Waals surface area contributed by atoms with E-state index in [0.29, 0.717) is 21.5 Å². The number of halogens is 1. The quantitative estimate of drug-likeness (QED) is 0.412. The summed E-state index contributed by atoms with van der Waals surface area (Å²) in [5.41, 5.74) is 10.4. The standard InChI is InChI=1S/C19H16ClN5O2/c1-25(2)19(27)17-13(10-22-24-21)18(26)12-8-9-14(20)15(16(12)23-17)11-6-4-3-5-7-11/h3-9H,10H2,1-2H3,(H,23,26). The van der Waals surface area contributed by atoms with Crippen molar-refractivity contribution in [3.8, 4) is 11.1 Å². The number of H-pyrrole nitrogens is 1. The Morgan fingerprint density at radius 3 is 2.56 bits per heavy atom. The molecule has 136 valence electrons. The number of nitrogens with zero attached hydrogens (tertiary/aromatic N) is 4. The molecule has 0 saturated heterocycles. The number of fused-ring (bicyclic) bond motifs is 1. The van der Waals surface area contributed by atoms with Gasteiger partial charge in [0.05, 0.1) is 17.1 Å². The third-order valence-corrected chi connectivity index (χ3v) is 4.51. The second-order valence-corrected chi connectivity index (χ2v) is 6.51. The first kappa shape index (κ1) is 18.5. The van der Waals surface area contributed by atoms with E-state index in [1.807, 2.05) is 30.3 Å². The first-order valence-corrected chi connectivity index (χ1v) is 8.48. The Balaban J connectivity index is 2.44. The molecule has 0 bridgehead atoms. The zero-order valence-corrected chi connectivity index (χ0v) is 15.5. The fraction of sp³-hybridized carbons (Fsp3) is 0.158. The molecule has 27 heavy (non-hydrogen) atoms. The van der Waals surface area contributed by atoms with Gasteiger partial charge >= 0.3 is 0 Å². The second-order valence-electron chi connectivity index (χ2n) is 6.11. The SMILES string of the molecule is CN(C)C(=O)c1[nH]c2c(-c3ccccc3)c(Cl)ccc2c(=O)c1CN=[N+]=[N-]. The summed E-state index contributed by atoms with van der Waals surface area (Å²) in [4.78, 5) is 32.8. The number of rotatable bonds is 4. The van der Waals surface area contributed by atoms with Crippen LogP contribution in [0.3, 0.4) is 0 Å². The zero-order chi connectivity index (χ0) is 19.6. The predicted octanol–water partition coefficient (Wildman–Crippen LogP) is 4.36. The maximum absolute atomic E-state index is 13.1. The summed E-state index contributed by atoms with van der Waals surface area (Å²) >= 11 is 6.42. The lowest BCUT2D eigenvalue weighted by Gasteiger charge is -2.16. The van der Waals surface area contributed by atoms with Crippen LogP contribution in [0.2, 0.25) is 5.02 Å². The molecule has 1 aromatic heterocycles. The van der Waals surface area contributed by atoms with Gasteiger partial charge in [-0.15, -0.1) is 0 Å². The topological polar surface area (TPSA) is 102 Å². The van der Waals surface area contributed by atoms with E-state index in [-0.39, 0.29) is 23.2 Å². The van der Waals surface area contributed by atoms with E-state index in [9.17, 15) is 9.59 Å². The van der Waals surface area contributed by atoms with Gasteiger partial charge in [0, 0.05) is 35.5 Å². The minimum atomic E-state index is -0.392. The average molecular weight is 382 g/mol. The van der Waals surface area contributed by atoms with Gasteiger partial charge in [-0.3, -0.25) is 9.59 Å². The van der Waals surface area contributed by atoms with E-state index < -0.39 is 5.91 Å². The smallest absolute Gasteiger partial charge is 0.270 e. The third kappa shape index (κ3) is 3.38. The van der Waals surface area contributed by atoms with Crippen molar-refractivity contribution in [2.24, 2.45) is 5.11 Å². The third-order valence-electron chi connectivity index (χ3n) is 4.20. The Kier molecular flexibility index (Phi) is 5.16. The molecule has 0 spiro atoms. The number of amides is 1. The van der Waals surface area contributed by atoms with Crippen molar-refractivity contribution in [2.75, 3.05) is 14.1 Å². The first-order valence-electron chi connectivity index (χ1n) is 8.11. The highest BCUT2D eigenvalue weighted by Gasteiger charge is 2.21. The number of hydrogen-bond acceptors (Lipinski definition) is 3. The number of hydrogen-bond donors (Lipinski definition) is 1. The molecule has 1 amide bonds. The molecule has 0 fully saturated rings. The molecule has 1 N–H and O–H groups in total. The minimum Gasteiger partial charge on any atom is -0.350 e. The van der Waals surface area contributed by atoms with E-state index in [4.69, 9.17) is 17.1 Å². The van der Waals surface area contributed by atoms with E-state index in [2.05, 4.69) is 15.0 Å². The molecular weight excluding hydrogens is 366 g/mol. The highest BCUT2D eigenvalue weighted by atomic mass is 35.5. The van der Waals surface area contributed by atoms with Gasteiger partial charge in [-0.25, -0.2) is 0 Å². The Morgan fingerprint density at radius 2 is 1.93 bits per heavy atom. The number of benzene rings is 2. The molecule has 0 aliphatic rings. The monoisotopic (exact) mass is 381 g/mol. The summed E-state index contributed by atoms with van der Waals surface area (Å²) < 4.78 is 0. The van der Waals surface area contributed by atoms with Crippen molar-refractivity contribution in [3.63, 3.8) is 0 Å². The van der Waals surface area contributed by atoms with E-state index in [0.717, 1.165) is 5.56 Å². The van der Waals surface area contributed by atoms with Gasteiger partial charge < -0.3 is 9.88 Å². The molecule has 1 heterocycles. The van der Waals surface area contributed by atoms with Gasteiger partial charge in [0.1, 0.15) is 5.69 Å². The summed E-state index contributed by atoms with van der Waals surface area (Å²) in [7, 11) is 3.16. The lowest BCUT2D eigenvalue weighted by atomic mass is 9.99. The van der Waals surface area contributed by atoms with Crippen molar-refractivity contribution in [1.82, 2.24) is 9.88 Å². The fourth-order valence-corrected chi connectivity index (χ4v) is 3.19. The number of carbonyl (C=O) groups is 1. The van der Waals surface area contributed by atoms with Crippen LogP contribution in [0.4, 0.5) is 0 Å². The van der Waals surface area contributed by atoms with Crippen LogP contribution in [0.25, 0.3) is 32.5 Å². The zero-order valence-electron chi connectivity index (χ0n) is 14.7. The number of aromatic nitrogens is 1. The molecular formula is C19H16ClN5O2.